The number of rotatable bonds is 10. The van der Waals surface area contributed by atoms with Crippen LogP contribution in [0, 0.1) is 5.92 Å². The lowest BCUT2D eigenvalue weighted by Gasteiger charge is -2.26. The van der Waals surface area contributed by atoms with E-state index >= 15 is 0 Å². The van der Waals surface area contributed by atoms with Crippen molar-refractivity contribution in [3.8, 4) is 11.5 Å². The predicted molar refractivity (Wildman–Crippen MR) is 112 cm³/mol. The fraction of sp³-hybridized carbons (Fsp3) is 0.591. The van der Waals surface area contributed by atoms with Crippen LogP contribution in [0.3, 0.4) is 0 Å². The largest absolute Gasteiger partial charge is 0.493 e. The zero-order valence-electron chi connectivity index (χ0n) is 16.5. The van der Waals surface area contributed by atoms with Gasteiger partial charge in [-0.25, -0.2) is 0 Å². The number of alkyl halides is 1. The summed E-state index contributed by atoms with van der Waals surface area (Å²) in [5.41, 5.74) is 0.911. The van der Waals surface area contributed by atoms with E-state index in [1.54, 1.807) is 13.2 Å². The molecular formula is C22H32ClNO3. The molecule has 1 saturated carbocycles. The average molecular weight is 394 g/mol. The van der Waals surface area contributed by atoms with Gasteiger partial charge in [0.2, 0.25) is 5.91 Å². The molecule has 5 heteroatoms. The molecule has 27 heavy (non-hydrogen) atoms. The van der Waals surface area contributed by atoms with Crippen LogP contribution in [0.5, 0.6) is 11.5 Å². The topological polar surface area (TPSA) is 47.6 Å². The average Bonchev–Trinajstić information content (AvgIpc) is 2.68. The standard InChI is InChI=1S/C22H32ClNO3/c1-17-6-10-19(11-7-17)24-22(25)13-9-18-8-12-20(21(16-18)26-2)27-15-5-3-4-14-23/h8-9,12-13,16-17,19H,3-7,10-11,14-15H2,1-2H3,(H,24,25)/t17-,19-. The Labute approximate surface area is 168 Å². The molecule has 1 N–H and O–H groups in total. The molecule has 1 aromatic carbocycles. The van der Waals surface area contributed by atoms with E-state index in [9.17, 15) is 4.79 Å². The van der Waals surface area contributed by atoms with Crippen LogP contribution >= 0.6 is 11.6 Å². The molecule has 0 radical (unpaired) electrons. The molecule has 2 rings (SSSR count). The second-order valence-electron chi connectivity index (χ2n) is 7.31. The Morgan fingerprint density at radius 1 is 1.19 bits per heavy atom. The van der Waals surface area contributed by atoms with Crippen molar-refractivity contribution in [3.63, 3.8) is 0 Å². The van der Waals surface area contributed by atoms with Crippen LogP contribution in [0.2, 0.25) is 0 Å². The van der Waals surface area contributed by atoms with Crippen molar-refractivity contribution in [2.24, 2.45) is 5.92 Å². The molecule has 0 bridgehead atoms. The Hall–Kier alpha value is -1.68. The summed E-state index contributed by atoms with van der Waals surface area (Å²) < 4.78 is 11.2. The number of benzene rings is 1. The fourth-order valence-corrected chi connectivity index (χ4v) is 3.48. The second-order valence-corrected chi connectivity index (χ2v) is 7.69. The third-order valence-corrected chi connectivity index (χ3v) is 5.28. The van der Waals surface area contributed by atoms with Gasteiger partial charge in [-0.15, -0.1) is 11.6 Å². The van der Waals surface area contributed by atoms with Crippen LogP contribution in [-0.4, -0.2) is 31.5 Å². The van der Waals surface area contributed by atoms with Crippen LogP contribution in [0.25, 0.3) is 6.08 Å². The maximum Gasteiger partial charge on any atom is 0.244 e. The van der Waals surface area contributed by atoms with Crippen molar-refractivity contribution in [1.82, 2.24) is 5.32 Å². The molecule has 4 nitrogen and oxygen atoms in total. The highest BCUT2D eigenvalue weighted by molar-refractivity contribution is 6.17. The van der Waals surface area contributed by atoms with Crippen molar-refractivity contribution in [2.45, 2.75) is 57.9 Å². The summed E-state index contributed by atoms with van der Waals surface area (Å²) in [5.74, 6) is 2.84. The van der Waals surface area contributed by atoms with Crippen LogP contribution < -0.4 is 14.8 Å². The molecule has 1 aromatic rings. The van der Waals surface area contributed by atoms with Gasteiger partial charge >= 0.3 is 0 Å². The van der Waals surface area contributed by atoms with E-state index in [-0.39, 0.29) is 5.91 Å². The molecule has 150 valence electrons. The Balaban J connectivity index is 1.84. The first-order chi connectivity index (χ1) is 13.1. The van der Waals surface area contributed by atoms with Crippen LogP contribution in [0.15, 0.2) is 24.3 Å². The Bertz CT molecular complexity index is 610. The van der Waals surface area contributed by atoms with E-state index in [1.165, 1.54) is 12.8 Å². The molecule has 0 saturated heterocycles. The SMILES string of the molecule is COc1cc(C=CC(=O)N[C@H]2CC[C@H](C)CC2)ccc1OCCCCCCl. The maximum absolute atomic E-state index is 12.2. The summed E-state index contributed by atoms with van der Waals surface area (Å²) >= 11 is 5.68. The van der Waals surface area contributed by atoms with Gasteiger partial charge < -0.3 is 14.8 Å². The lowest BCUT2D eigenvalue weighted by molar-refractivity contribution is -0.117. The zero-order valence-corrected chi connectivity index (χ0v) is 17.3. The van der Waals surface area contributed by atoms with Gasteiger partial charge in [0.1, 0.15) is 0 Å². The van der Waals surface area contributed by atoms with Crippen LogP contribution in [0.4, 0.5) is 0 Å². The molecule has 0 spiro atoms. The number of unbranched alkanes of at least 4 members (excludes halogenated alkanes) is 2. The van der Waals surface area contributed by atoms with Crippen molar-refractivity contribution in [1.29, 1.82) is 0 Å². The minimum Gasteiger partial charge on any atom is -0.493 e. The molecular weight excluding hydrogens is 362 g/mol. The molecule has 0 heterocycles. The van der Waals surface area contributed by atoms with E-state index in [0.29, 0.717) is 24.3 Å². The second kappa shape index (κ2) is 11.9. The summed E-state index contributed by atoms with van der Waals surface area (Å²) in [4.78, 5) is 12.2. The Morgan fingerprint density at radius 2 is 1.96 bits per heavy atom. The van der Waals surface area contributed by atoms with Gasteiger partial charge in [-0.05, 0) is 74.6 Å². The first-order valence-corrected chi connectivity index (χ1v) is 10.5. The minimum atomic E-state index is -0.0341. The number of nitrogens with one attached hydrogen (secondary N) is 1. The number of ether oxygens (including phenoxy) is 2. The number of carbonyl (C=O) groups excluding carboxylic acids is 1. The number of methoxy groups -OCH3 is 1. The van der Waals surface area contributed by atoms with E-state index in [0.717, 1.165) is 49.3 Å². The van der Waals surface area contributed by atoms with Crippen LogP contribution in [-0.2, 0) is 4.79 Å². The normalized spacial score (nSPS) is 19.8. The van der Waals surface area contributed by atoms with Crippen molar-refractivity contribution >= 4 is 23.6 Å². The van der Waals surface area contributed by atoms with E-state index in [4.69, 9.17) is 21.1 Å². The van der Waals surface area contributed by atoms with Gasteiger partial charge in [0.15, 0.2) is 11.5 Å². The number of amides is 1. The van der Waals surface area contributed by atoms with Gasteiger partial charge in [-0.3, -0.25) is 4.79 Å². The van der Waals surface area contributed by atoms with E-state index in [2.05, 4.69) is 12.2 Å². The Kier molecular flexibility index (Phi) is 9.54. The molecule has 0 aromatic heterocycles. The van der Waals surface area contributed by atoms with E-state index < -0.39 is 0 Å². The highest BCUT2D eigenvalue weighted by Crippen LogP contribution is 2.29. The summed E-state index contributed by atoms with van der Waals surface area (Å²) in [5, 5.41) is 3.10. The molecule has 1 fully saturated rings. The monoisotopic (exact) mass is 393 g/mol. The third kappa shape index (κ3) is 7.84. The Morgan fingerprint density at radius 3 is 2.67 bits per heavy atom. The highest BCUT2D eigenvalue weighted by Gasteiger charge is 2.18. The maximum atomic E-state index is 12.2. The fourth-order valence-electron chi connectivity index (χ4n) is 3.29. The van der Waals surface area contributed by atoms with Gasteiger partial charge in [0, 0.05) is 18.0 Å². The van der Waals surface area contributed by atoms with Gasteiger partial charge in [0.25, 0.3) is 0 Å². The minimum absolute atomic E-state index is 0.0341. The number of halogens is 1. The van der Waals surface area contributed by atoms with Crippen molar-refractivity contribution in [2.75, 3.05) is 19.6 Å². The molecule has 0 atom stereocenters. The lowest BCUT2D eigenvalue weighted by Crippen LogP contribution is -2.36. The molecule has 0 unspecified atom stereocenters. The van der Waals surface area contributed by atoms with Crippen LogP contribution in [0.1, 0.15) is 57.4 Å². The smallest absolute Gasteiger partial charge is 0.244 e. The number of carbonyl (C=O) groups is 1. The third-order valence-electron chi connectivity index (χ3n) is 5.01. The summed E-state index contributed by atoms with van der Waals surface area (Å²) in [6.07, 6.45) is 11.0. The van der Waals surface area contributed by atoms with Gasteiger partial charge in [-0.1, -0.05) is 13.0 Å². The summed E-state index contributed by atoms with van der Waals surface area (Å²) in [6.45, 7) is 2.92. The van der Waals surface area contributed by atoms with E-state index in [1.807, 2.05) is 24.3 Å². The quantitative estimate of drug-likeness (QED) is 0.338. The number of hydrogen-bond acceptors (Lipinski definition) is 3. The van der Waals surface area contributed by atoms with Gasteiger partial charge in [-0.2, -0.15) is 0 Å². The predicted octanol–water partition coefficient (Wildman–Crippen LogP) is 5.19. The zero-order chi connectivity index (χ0) is 19.5. The van der Waals surface area contributed by atoms with Gasteiger partial charge in [0.05, 0.1) is 13.7 Å². The lowest BCUT2D eigenvalue weighted by atomic mass is 9.87. The number of hydrogen-bond donors (Lipinski definition) is 1. The highest BCUT2D eigenvalue weighted by atomic mass is 35.5. The van der Waals surface area contributed by atoms with Crippen molar-refractivity contribution < 1.29 is 14.3 Å². The molecule has 1 amide bonds. The summed E-state index contributed by atoms with van der Waals surface area (Å²) in [7, 11) is 1.62. The molecule has 0 aliphatic heterocycles. The molecule has 1 aliphatic rings. The first-order valence-electron chi connectivity index (χ1n) is 9.97. The summed E-state index contributed by atoms with van der Waals surface area (Å²) in [6, 6.07) is 6.02. The first kappa shape index (κ1) is 21.6. The van der Waals surface area contributed by atoms with Crippen molar-refractivity contribution in [3.05, 3.63) is 29.8 Å². The molecule has 1 aliphatic carbocycles.